The Hall–Kier alpha value is -0.160. The molecular formula is C26H54O4. The van der Waals surface area contributed by atoms with E-state index in [0.717, 1.165) is 70.8 Å². The molecular weight excluding hydrogens is 376 g/mol. The van der Waals surface area contributed by atoms with Crippen LogP contribution in [0.2, 0.25) is 0 Å². The molecule has 0 fully saturated rings. The second-order valence-electron chi connectivity index (χ2n) is 8.48. The molecule has 4 heteroatoms. The Labute approximate surface area is 188 Å². The minimum Gasteiger partial charge on any atom is -0.370 e. The van der Waals surface area contributed by atoms with E-state index < -0.39 is 5.97 Å². The summed E-state index contributed by atoms with van der Waals surface area (Å²) in [7, 11) is 0. The molecule has 0 aromatic rings. The van der Waals surface area contributed by atoms with E-state index in [-0.39, 0.29) is 6.10 Å². The molecule has 0 saturated heterocycles. The van der Waals surface area contributed by atoms with Gasteiger partial charge in [0.15, 0.2) is 0 Å². The van der Waals surface area contributed by atoms with E-state index >= 15 is 0 Å². The molecule has 0 radical (unpaired) electrons. The fourth-order valence-corrected chi connectivity index (χ4v) is 3.32. The van der Waals surface area contributed by atoms with Gasteiger partial charge >= 0.3 is 5.97 Å². The molecule has 0 aromatic heterocycles. The van der Waals surface area contributed by atoms with Gasteiger partial charge in [-0.3, -0.25) is 0 Å². The monoisotopic (exact) mass is 430 g/mol. The van der Waals surface area contributed by atoms with Gasteiger partial charge in [-0.2, -0.15) is 0 Å². The summed E-state index contributed by atoms with van der Waals surface area (Å²) in [6, 6.07) is 0. The quantitative estimate of drug-likeness (QED) is 0.115. The number of rotatable bonds is 24. The molecule has 1 unspecified atom stereocenters. The van der Waals surface area contributed by atoms with Crippen molar-refractivity contribution in [3.8, 4) is 0 Å². The predicted octanol–water partition coefficient (Wildman–Crippen LogP) is 8.03. The highest BCUT2D eigenvalue weighted by Gasteiger charge is 2.43. The molecule has 0 N–H and O–H groups in total. The van der Waals surface area contributed by atoms with Crippen LogP contribution in [0.3, 0.4) is 0 Å². The van der Waals surface area contributed by atoms with E-state index in [4.69, 9.17) is 18.9 Å². The zero-order valence-electron chi connectivity index (χ0n) is 21.1. The van der Waals surface area contributed by atoms with Gasteiger partial charge in [0.05, 0.1) is 19.8 Å². The van der Waals surface area contributed by atoms with E-state index in [9.17, 15) is 0 Å². The molecule has 0 aliphatic heterocycles. The number of ether oxygens (including phenoxy) is 4. The minimum atomic E-state index is -1.06. The molecule has 0 heterocycles. The number of unbranched alkanes of at least 4 members (excludes halogenated alkanes) is 9. The molecule has 0 spiro atoms. The van der Waals surface area contributed by atoms with Gasteiger partial charge in [-0.1, -0.05) is 98.8 Å². The lowest BCUT2D eigenvalue weighted by atomic mass is 10.1. The molecule has 0 aliphatic carbocycles. The summed E-state index contributed by atoms with van der Waals surface area (Å²) in [5.41, 5.74) is 0. The third kappa shape index (κ3) is 14.8. The highest BCUT2D eigenvalue weighted by Crippen LogP contribution is 2.29. The van der Waals surface area contributed by atoms with Crippen molar-refractivity contribution >= 4 is 0 Å². The summed E-state index contributed by atoms with van der Waals surface area (Å²) in [6.07, 6.45) is 16.9. The standard InChI is InChI=1S/C26H54O4/c1-6-11-16-17-18-19-20-25(27-21-12-7-2)26(28-22-13-8-3,29-23-14-9-4)30-24-15-10-5/h25H,6-24H2,1-5H3. The van der Waals surface area contributed by atoms with Gasteiger partial charge in [0, 0.05) is 6.61 Å². The largest absolute Gasteiger partial charge is 0.370 e. The van der Waals surface area contributed by atoms with Gasteiger partial charge in [0.2, 0.25) is 0 Å². The van der Waals surface area contributed by atoms with E-state index in [0.29, 0.717) is 19.8 Å². The van der Waals surface area contributed by atoms with Crippen LogP contribution in [0.1, 0.15) is 131 Å². The molecule has 4 nitrogen and oxygen atoms in total. The van der Waals surface area contributed by atoms with Crippen molar-refractivity contribution in [1.82, 2.24) is 0 Å². The van der Waals surface area contributed by atoms with Crippen LogP contribution < -0.4 is 0 Å². The van der Waals surface area contributed by atoms with Crippen LogP contribution in [0, 0.1) is 0 Å². The molecule has 0 bridgehead atoms. The lowest BCUT2D eigenvalue weighted by Crippen LogP contribution is -2.52. The van der Waals surface area contributed by atoms with Crippen LogP contribution in [0.5, 0.6) is 0 Å². The molecule has 182 valence electrons. The van der Waals surface area contributed by atoms with Crippen molar-refractivity contribution in [2.24, 2.45) is 0 Å². The van der Waals surface area contributed by atoms with Crippen LogP contribution in [0.25, 0.3) is 0 Å². The summed E-state index contributed by atoms with van der Waals surface area (Å²) in [6.45, 7) is 13.7. The van der Waals surface area contributed by atoms with Crippen LogP contribution in [0.15, 0.2) is 0 Å². The van der Waals surface area contributed by atoms with Gasteiger partial charge in [-0.05, 0) is 32.1 Å². The average Bonchev–Trinajstić information content (AvgIpc) is 2.75. The molecule has 0 aromatic carbocycles. The Kier molecular flexibility index (Phi) is 21.9. The van der Waals surface area contributed by atoms with Crippen LogP contribution in [0.4, 0.5) is 0 Å². The summed E-state index contributed by atoms with van der Waals surface area (Å²) in [4.78, 5) is 0. The van der Waals surface area contributed by atoms with E-state index in [1.807, 2.05) is 0 Å². The molecule has 30 heavy (non-hydrogen) atoms. The maximum Gasteiger partial charge on any atom is 0.310 e. The van der Waals surface area contributed by atoms with Crippen molar-refractivity contribution in [3.63, 3.8) is 0 Å². The molecule has 0 amide bonds. The zero-order chi connectivity index (χ0) is 22.3. The Morgan fingerprint density at radius 3 is 1.33 bits per heavy atom. The van der Waals surface area contributed by atoms with Crippen molar-refractivity contribution in [2.75, 3.05) is 26.4 Å². The van der Waals surface area contributed by atoms with Gasteiger partial charge in [0.25, 0.3) is 0 Å². The minimum absolute atomic E-state index is 0.166. The smallest absolute Gasteiger partial charge is 0.310 e. The van der Waals surface area contributed by atoms with Crippen LogP contribution in [-0.2, 0) is 18.9 Å². The van der Waals surface area contributed by atoms with Gasteiger partial charge < -0.3 is 18.9 Å². The Balaban J connectivity index is 5.25. The Morgan fingerprint density at radius 1 is 0.467 bits per heavy atom. The van der Waals surface area contributed by atoms with Crippen LogP contribution in [-0.4, -0.2) is 38.5 Å². The van der Waals surface area contributed by atoms with Crippen molar-refractivity contribution in [2.45, 2.75) is 143 Å². The fourth-order valence-electron chi connectivity index (χ4n) is 3.32. The fraction of sp³-hybridized carbons (Fsp3) is 1.00. The first kappa shape index (κ1) is 29.8. The van der Waals surface area contributed by atoms with Gasteiger partial charge in [-0.25, -0.2) is 0 Å². The second kappa shape index (κ2) is 22.0. The van der Waals surface area contributed by atoms with E-state index in [1.54, 1.807) is 0 Å². The summed E-state index contributed by atoms with van der Waals surface area (Å²) in [5.74, 6) is -1.06. The van der Waals surface area contributed by atoms with Crippen molar-refractivity contribution in [1.29, 1.82) is 0 Å². The van der Waals surface area contributed by atoms with Crippen LogP contribution >= 0.6 is 0 Å². The summed E-state index contributed by atoms with van der Waals surface area (Å²) in [5, 5.41) is 0. The Morgan fingerprint density at radius 2 is 0.867 bits per heavy atom. The normalized spacial score (nSPS) is 13.1. The summed E-state index contributed by atoms with van der Waals surface area (Å²) >= 11 is 0. The third-order valence-corrected chi connectivity index (χ3v) is 5.43. The van der Waals surface area contributed by atoms with Gasteiger partial charge in [-0.15, -0.1) is 0 Å². The maximum atomic E-state index is 6.39. The molecule has 1 atom stereocenters. The SMILES string of the molecule is CCCCCCCCC(OCCCC)C(OCCCC)(OCCCC)OCCCC. The Bertz CT molecular complexity index is 308. The second-order valence-corrected chi connectivity index (χ2v) is 8.48. The zero-order valence-corrected chi connectivity index (χ0v) is 21.1. The first-order valence-corrected chi connectivity index (χ1v) is 13.2. The first-order valence-electron chi connectivity index (χ1n) is 13.2. The third-order valence-electron chi connectivity index (χ3n) is 5.43. The van der Waals surface area contributed by atoms with Crippen molar-refractivity contribution in [3.05, 3.63) is 0 Å². The topological polar surface area (TPSA) is 36.9 Å². The molecule has 0 aliphatic rings. The predicted molar refractivity (Wildman–Crippen MR) is 128 cm³/mol. The molecule has 0 saturated carbocycles. The van der Waals surface area contributed by atoms with Gasteiger partial charge in [0.1, 0.15) is 6.10 Å². The maximum absolute atomic E-state index is 6.39. The lowest BCUT2D eigenvalue weighted by Gasteiger charge is -2.39. The van der Waals surface area contributed by atoms with E-state index in [1.165, 1.54) is 32.1 Å². The van der Waals surface area contributed by atoms with E-state index in [2.05, 4.69) is 34.6 Å². The highest BCUT2D eigenvalue weighted by molar-refractivity contribution is 4.74. The first-order chi connectivity index (χ1) is 14.7. The highest BCUT2D eigenvalue weighted by atomic mass is 16.9. The number of hydrogen-bond donors (Lipinski definition) is 0. The number of hydrogen-bond acceptors (Lipinski definition) is 4. The van der Waals surface area contributed by atoms with Crippen molar-refractivity contribution < 1.29 is 18.9 Å². The average molecular weight is 431 g/mol. The lowest BCUT2D eigenvalue weighted by molar-refractivity contribution is -0.419. The molecule has 0 rings (SSSR count). The summed E-state index contributed by atoms with van der Waals surface area (Å²) < 4.78 is 25.5.